The molecule has 2 N–H and O–H groups in total. The van der Waals surface area contributed by atoms with E-state index in [1.165, 1.54) is 24.1 Å². The van der Waals surface area contributed by atoms with E-state index in [1.807, 2.05) is 0 Å². The number of carbonyl (C=O) groups excluding carboxylic acids is 4. The van der Waals surface area contributed by atoms with Crippen LogP contribution in [-0.4, -0.2) is 41.9 Å². The second-order valence-electron chi connectivity index (χ2n) is 7.95. The Morgan fingerprint density at radius 3 is 2.63 bits per heavy atom. The molecule has 1 atom stereocenters. The number of hydrogen-bond acceptors (Lipinski definition) is 6. The van der Waals surface area contributed by atoms with E-state index in [-0.39, 0.29) is 24.4 Å². The number of halogens is 3. The number of fused-ring (bicyclic) bond motifs is 1. The summed E-state index contributed by atoms with van der Waals surface area (Å²) in [5.41, 5.74) is 0.857. The molecule has 12 heteroatoms. The molecule has 1 saturated heterocycles. The second kappa shape index (κ2) is 9.61. The Labute approximate surface area is 202 Å². The maximum absolute atomic E-state index is 13.0. The average Bonchev–Trinajstić information content (AvgIpc) is 3.11. The predicted molar refractivity (Wildman–Crippen MR) is 122 cm³/mol. The summed E-state index contributed by atoms with van der Waals surface area (Å²) in [6.45, 7) is -0.445. The maximum atomic E-state index is 13.0. The summed E-state index contributed by atoms with van der Waals surface area (Å²) in [6, 6.07) is 7.58. The molecule has 0 aliphatic carbocycles. The van der Waals surface area contributed by atoms with Gasteiger partial charge in [-0.25, -0.2) is 0 Å². The van der Waals surface area contributed by atoms with E-state index in [0.717, 1.165) is 29.5 Å². The van der Waals surface area contributed by atoms with Crippen molar-refractivity contribution in [3.05, 3.63) is 53.1 Å². The number of ether oxygens (including phenoxy) is 1. The minimum absolute atomic E-state index is 0.0517. The molecule has 184 valence electrons. The Balaban J connectivity index is 1.59. The first-order chi connectivity index (χ1) is 16.6. The summed E-state index contributed by atoms with van der Waals surface area (Å²) >= 11 is 0.890. The van der Waals surface area contributed by atoms with Crippen molar-refractivity contribution in [1.82, 2.24) is 5.32 Å². The van der Waals surface area contributed by atoms with E-state index in [0.29, 0.717) is 23.4 Å². The third-order valence-corrected chi connectivity index (χ3v) is 6.65. The molecule has 2 aromatic rings. The van der Waals surface area contributed by atoms with Gasteiger partial charge in [-0.2, -0.15) is 13.2 Å². The maximum Gasteiger partial charge on any atom is 0.416 e. The van der Waals surface area contributed by atoms with E-state index >= 15 is 0 Å². The van der Waals surface area contributed by atoms with E-state index in [1.54, 1.807) is 12.1 Å². The normalized spacial score (nSPS) is 17.8. The molecule has 2 aliphatic heterocycles. The number of rotatable bonds is 6. The van der Waals surface area contributed by atoms with Gasteiger partial charge in [0.15, 0.2) is 0 Å². The average molecular weight is 507 g/mol. The standard InChI is InChI=1S/C23H20F3N3O5S/c1-34-16-7-5-12(9-17-21(32)28-22(33)35-17)15-6-8-19(31)29(20(15)16)11-18(30)27-14-4-2-3-13(10-14)23(24,25)26/h2-5,7,10,17H,6,8-9,11H2,1H3,(H,27,30)(H,28,32,33). The van der Waals surface area contributed by atoms with Crippen molar-refractivity contribution in [1.29, 1.82) is 0 Å². The molecular formula is C23H20F3N3O5S. The zero-order chi connectivity index (χ0) is 25.3. The van der Waals surface area contributed by atoms with Crippen LogP contribution in [0.15, 0.2) is 36.4 Å². The SMILES string of the molecule is COc1ccc(CC2SC(=O)NC2=O)c2c1N(CC(=O)Nc1cccc(C(F)(F)F)c1)C(=O)CC2. The summed E-state index contributed by atoms with van der Waals surface area (Å²) in [6.07, 6.45) is -3.88. The largest absolute Gasteiger partial charge is 0.495 e. The highest BCUT2D eigenvalue weighted by atomic mass is 32.2. The molecule has 1 fully saturated rings. The van der Waals surface area contributed by atoms with Gasteiger partial charge in [0.1, 0.15) is 12.3 Å². The summed E-state index contributed by atoms with van der Waals surface area (Å²) in [5.74, 6) is -1.10. The molecule has 4 rings (SSSR count). The third kappa shape index (κ3) is 5.26. The Morgan fingerprint density at radius 2 is 1.97 bits per heavy atom. The Morgan fingerprint density at radius 1 is 1.20 bits per heavy atom. The number of alkyl halides is 3. The highest BCUT2D eigenvalue weighted by molar-refractivity contribution is 8.15. The molecular weight excluding hydrogens is 487 g/mol. The number of imide groups is 1. The second-order valence-corrected chi connectivity index (χ2v) is 9.12. The molecule has 0 saturated carbocycles. The Bertz CT molecular complexity index is 1220. The first-order valence-corrected chi connectivity index (χ1v) is 11.4. The van der Waals surface area contributed by atoms with Crippen LogP contribution in [0, 0.1) is 0 Å². The first-order valence-electron chi connectivity index (χ1n) is 10.5. The number of anilines is 2. The van der Waals surface area contributed by atoms with Gasteiger partial charge in [-0.05, 0) is 48.2 Å². The van der Waals surface area contributed by atoms with E-state index in [9.17, 15) is 32.3 Å². The fraction of sp³-hybridized carbons (Fsp3) is 0.304. The van der Waals surface area contributed by atoms with Crippen LogP contribution >= 0.6 is 11.8 Å². The molecule has 2 heterocycles. The number of carbonyl (C=O) groups is 4. The molecule has 4 amide bonds. The van der Waals surface area contributed by atoms with Crippen molar-refractivity contribution in [2.45, 2.75) is 30.7 Å². The lowest BCUT2D eigenvalue weighted by atomic mass is 9.92. The summed E-state index contributed by atoms with van der Waals surface area (Å²) in [7, 11) is 1.41. The lowest BCUT2D eigenvalue weighted by Gasteiger charge is -2.32. The monoisotopic (exact) mass is 507 g/mol. The molecule has 0 spiro atoms. The molecule has 1 unspecified atom stereocenters. The molecule has 0 aromatic heterocycles. The van der Waals surface area contributed by atoms with Gasteiger partial charge >= 0.3 is 6.18 Å². The number of methoxy groups -OCH3 is 1. The Hall–Kier alpha value is -3.54. The molecule has 2 aromatic carbocycles. The van der Waals surface area contributed by atoms with E-state index in [2.05, 4.69) is 10.6 Å². The summed E-state index contributed by atoms with van der Waals surface area (Å²) < 4.78 is 44.4. The number of amides is 4. The van der Waals surface area contributed by atoms with Crippen LogP contribution in [0.4, 0.5) is 29.3 Å². The van der Waals surface area contributed by atoms with Crippen molar-refractivity contribution in [3.63, 3.8) is 0 Å². The van der Waals surface area contributed by atoms with E-state index in [4.69, 9.17) is 4.74 Å². The number of hydrogen-bond donors (Lipinski definition) is 2. The predicted octanol–water partition coefficient (Wildman–Crippen LogP) is 3.53. The van der Waals surface area contributed by atoms with Gasteiger partial charge in [0, 0.05) is 12.1 Å². The van der Waals surface area contributed by atoms with Crippen LogP contribution in [0.25, 0.3) is 0 Å². The van der Waals surface area contributed by atoms with Crippen LogP contribution < -0.4 is 20.3 Å². The highest BCUT2D eigenvalue weighted by Crippen LogP contribution is 2.40. The first kappa shape index (κ1) is 24.6. The lowest BCUT2D eigenvalue weighted by molar-refractivity contribution is -0.137. The minimum Gasteiger partial charge on any atom is -0.495 e. The molecule has 0 bridgehead atoms. The fourth-order valence-electron chi connectivity index (χ4n) is 4.09. The van der Waals surface area contributed by atoms with Crippen molar-refractivity contribution in [2.24, 2.45) is 0 Å². The molecule has 2 aliphatic rings. The number of nitrogens with zero attached hydrogens (tertiary/aromatic N) is 1. The van der Waals surface area contributed by atoms with Crippen LogP contribution in [0.5, 0.6) is 5.75 Å². The zero-order valence-corrected chi connectivity index (χ0v) is 19.2. The van der Waals surface area contributed by atoms with E-state index < -0.39 is 40.6 Å². The highest BCUT2D eigenvalue weighted by Gasteiger charge is 2.35. The van der Waals surface area contributed by atoms with Gasteiger partial charge in [-0.3, -0.25) is 29.4 Å². The number of benzene rings is 2. The summed E-state index contributed by atoms with van der Waals surface area (Å²) in [5, 5.41) is 3.61. The molecule has 35 heavy (non-hydrogen) atoms. The van der Waals surface area contributed by atoms with Crippen LogP contribution in [0.2, 0.25) is 0 Å². The molecule has 0 radical (unpaired) electrons. The number of thioether (sulfide) groups is 1. The van der Waals surface area contributed by atoms with Gasteiger partial charge in [0.25, 0.3) is 5.24 Å². The fourth-order valence-corrected chi connectivity index (χ4v) is 4.94. The minimum atomic E-state index is -4.56. The number of nitrogens with one attached hydrogen (secondary N) is 2. The lowest BCUT2D eigenvalue weighted by Crippen LogP contribution is -2.41. The quantitative estimate of drug-likeness (QED) is 0.620. The Kier molecular flexibility index (Phi) is 6.75. The summed E-state index contributed by atoms with van der Waals surface area (Å²) in [4.78, 5) is 50.3. The van der Waals surface area contributed by atoms with Crippen LogP contribution in [0.1, 0.15) is 23.1 Å². The van der Waals surface area contributed by atoms with Gasteiger partial charge in [-0.1, -0.05) is 23.9 Å². The van der Waals surface area contributed by atoms with Crippen LogP contribution in [-0.2, 0) is 33.4 Å². The van der Waals surface area contributed by atoms with Crippen molar-refractivity contribution < 1.29 is 37.1 Å². The van der Waals surface area contributed by atoms with Gasteiger partial charge in [0.05, 0.1) is 23.6 Å². The van der Waals surface area contributed by atoms with Crippen molar-refractivity contribution in [2.75, 3.05) is 23.9 Å². The molecule has 8 nitrogen and oxygen atoms in total. The third-order valence-electron chi connectivity index (χ3n) is 5.67. The topological polar surface area (TPSA) is 105 Å². The van der Waals surface area contributed by atoms with Crippen molar-refractivity contribution >= 4 is 46.1 Å². The van der Waals surface area contributed by atoms with Gasteiger partial charge < -0.3 is 10.1 Å². The van der Waals surface area contributed by atoms with Crippen molar-refractivity contribution in [3.8, 4) is 5.75 Å². The van der Waals surface area contributed by atoms with Gasteiger partial charge in [0.2, 0.25) is 17.7 Å². The smallest absolute Gasteiger partial charge is 0.416 e. The van der Waals surface area contributed by atoms with Gasteiger partial charge in [-0.15, -0.1) is 0 Å². The van der Waals surface area contributed by atoms with Crippen LogP contribution in [0.3, 0.4) is 0 Å². The zero-order valence-electron chi connectivity index (χ0n) is 18.4.